The number of benzene rings is 1. The van der Waals surface area contributed by atoms with E-state index in [1.54, 1.807) is 0 Å². The van der Waals surface area contributed by atoms with Crippen molar-refractivity contribution in [2.24, 2.45) is 0 Å². The van der Waals surface area contributed by atoms with Crippen LogP contribution in [0.1, 0.15) is 22.8 Å². The van der Waals surface area contributed by atoms with Gasteiger partial charge in [0.1, 0.15) is 5.82 Å². The van der Waals surface area contributed by atoms with Gasteiger partial charge in [-0.25, -0.2) is 4.39 Å². The number of rotatable bonds is 5. The van der Waals surface area contributed by atoms with Gasteiger partial charge in [-0.05, 0) is 18.7 Å². The Kier molecular flexibility index (Phi) is 5.03. The third kappa shape index (κ3) is 3.57. The number of nitro groups is 1. The number of amides is 1. The van der Waals surface area contributed by atoms with E-state index < -0.39 is 22.3 Å². The number of anilines is 1. The van der Waals surface area contributed by atoms with Crippen molar-refractivity contribution in [2.75, 3.05) is 11.1 Å². The van der Waals surface area contributed by atoms with Gasteiger partial charge in [-0.3, -0.25) is 20.2 Å². The molecule has 0 saturated heterocycles. The molecule has 0 aliphatic carbocycles. The van der Waals surface area contributed by atoms with Crippen LogP contribution in [0.5, 0.6) is 0 Å². The predicted molar refractivity (Wildman–Crippen MR) is 82.1 cm³/mol. The van der Waals surface area contributed by atoms with Crippen LogP contribution in [0.2, 0.25) is 0 Å². The minimum atomic E-state index is -0.807. The minimum absolute atomic E-state index is 0.112. The molecule has 2 rings (SSSR count). The Bertz CT molecular complexity index is 735. The Balaban J connectivity index is 2.23. The summed E-state index contributed by atoms with van der Waals surface area (Å²) in [4.78, 5) is 22.2. The van der Waals surface area contributed by atoms with Gasteiger partial charge in [0.2, 0.25) is 5.13 Å². The lowest BCUT2D eigenvalue weighted by Gasteiger charge is -2.04. The van der Waals surface area contributed by atoms with E-state index in [9.17, 15) is 19.3 Å². The summed E-state index contributed by atoms with van der Waals surface area (Å²) in [6.07, 6.45) is 0. The van der Waals surface area contributed by atoms with E-state index in [-0.39, 0.29) is 16.3 Å². The average molecular weight is 342 g/mol. The van der Waals surface area contributed by atoms with Crippen molar-refractivity contribution < 1.29 is 14.1 Å². The van der Waals surface area contributed by atoms with Crippen LogP contribution in [0.25, 0.3) is 0 Å². The smallest absolute Gasteiger partial charge is 0.276 e. The molecular formula is C12H11FN4O3S2. The average Bonchev–Trinajstić information content (AvgIpc) is 2.89. The van der Waals surface area contributed by atoms with Crippen LogP contribution in [-0.4, -0.2) is 26.8 Å². The molecule has 1 aromatic heterocycles. The maximum atomic E-state index is 13.7. The molecule has 0 bridgehead atoms. The molecule has 0 radical (unpaired) electrons. The van der Waals surface area contributed by atoms with Gasteiger partial charge in [0.25, 0.3) is 11.6 Å². The number of hydrogen-bond donors (Lipinski definition) is 1. The van der Waals surface area contributed by atoms with Gasteiger partial charge in [0.15, 0.2) is 4.34 Å². The molecule has 0 fully saturated rings. The van der Waals surface area contributed by atoms with Gasteiger partial charge in [-0.1, -0.05) is 30.0 Å². The molecule has 0 unspecified atom stereocenters. The normalized spacial score (nSPS) is 10.5. The van der Waals surface area contributed by atoms with E-state index in [0.29, 0.717) is 4.34 Å². The van der Waals surface area contributed by atoms with Gasteiger partial charge in [-0.15, -0.1) is 10.2 Å². The summed E-state index contributed by atoms with van der Waals surface area (Å²) in [7, 11) is 0. The predicted octanol–water partition coefficient (Wildman–Crippen LogP) is 3.26. The number of hydrogen-bond acceptors (Lipinski definition) is 7. The first-order valence-electron chi connectivity index (χ1n) is 6.14. The number of nitrogens with zero attached hydrogens (tertiary/aromatic N) is 3. The summed E-state index contributed by atoms with van der Waals surface area (Å²) in [6, 6.07) is 2.00. The highest BCUT2D eigenvalue weighted by Gasteiger charge is 2.20. The van der Waals surface area contributed by atoms with Gasteiger partial charge >= 0.3 is 0 Å². The molecule has 22 heavy (non-hydrogen) atoms. The lowest BCUT2D eigenvalue weighted by molar-refractivity contribution is -0.385. The van der Waals surface area contributed by atoms with Crippen molar-refractivity contribution in [2.45, 2.75) is 18.2 Å². The second kappa shape index (κ2) is 6.79. The second-order valence-corrected chi connectivity index (χ2v) is 6.61. The minimum Gasteiger partial charge on any atom is -0.296 e. The standard InChI is InChI=1S/C12H11FN4O3S2/c1-3-21-12-16-15-11(22-12)14-10(18)7-4-8(13)6(2)9(5-7)17(19)20/h4-5H,3H2,1-2H3,(H,14,15,18). The van der Waals surface area contributed by atoms with E-state index in [1.807, 2.05) is 6.92 Å². The van der Waals surface area contributed by atoms with Crippen LogP contribution >= 0.6 is 23.1 Å². The maximum absolute atomic E-state index is 13.7. The first-order valence-corrected chi connectivity index (χ1v) is 7.94. The molecule has 0 aliphatic heterocycles. The monoisotopic (exact) mass is 342 g/mol. The van der Waals surface area contributed by atoms with E-state index in [4.69, 9.17) is 0 Å². The Labute approximate surface area is 133 Å². The Morgan fingerprint density at radius 1 is 1.50 bits per heavy atom. The number of thioether (sulfide) groups is 1. The summed E-state index contributed by atoms with van der Waals surface area (Å²) in [5.41, 5.74) is -0.696. The van der Waals surface area contributed by atoms with E-state index in [2.05, 4.69) is 15.5 Å². The summed E-state index contributed by atoms with van der Waals surface area (Å²) < 4.78 is 14.4. The highest BCUT2D eigenvalue weighted by molar-refractivity contribution is 8.01. The highest BCUT2D eigenvalue weighted by atomic mass is 32.2. The topological polar surface area (TPSA) is 98.0 Å². The molecule has 2 aromatic rings. The van der Waals surface area contributed by atoms with Crippen molar-refractivity contribution in [1.29, 1.82) is 0 Å². The summed E-state index contributed by atoms with van der Waals surface area (Å²) in [5.74, 6) is -0.664. The van der Waals surface area contributed by atoms with E-state index in [1.165, 1.54) is 30.0 Å². The number of carbonyl (C=O) groups is 1. The molecule has 1 amide bonds. The van der Waals surface area contributed by atoms with Crippen LogP contribution in [0, 0.1) is 22.9 Å². The zero-order valence-electron chi connectivity index (χ0n) is 11.6. The summed E-state index contributed by atoms with van der Waals surface area (Å²) in [5, 5.41) is 21.2. The van der Waals surface area contributed by atoms with Crippen molar-refractivity contribution in [3.8, 4) is 0 Å². The molecular weight excluding hydrogens is 331 g/mol. The fourth-order valence-electron chi connectivity index (χ4n) is 1.60. The van der Waals surface area contributed by atoms with Crippen LogP contribution in [0.3, 0.4) is 0 Å². The molecule has 1 aromatic carbocycles. The van der Waals surface area contributed by atoms with Gasteiger partial charge in [0.05, 0.1) is 10.5 Å². The molecule has 116 valence electrons. The molecule has 0 spiro atoms. The SMILES string of the molecule is CCSc1nnc(NC(=O)c2cc(F)c(C)c([N+](=O)[O-])c2)s1. The third-order valence-corrected chi connectivity index (χ3v) is 4.52. The fraction of sp³-hybridized carbons (Fsp3) is 0.250. The van der Waals surface area contributed by atoms with Crippen molar-refractivity contribution in [3.05, 3.63) is 39.2 Å². The first kappa shape index (κ1) is 16.3. The molecule has 0 atom stereocenters. The van der Waals surface area contributed by atoms with Crippen molar-refractivity contribution in [3.63, 3.8) is 0 Å². The number of nitrogens with one attached hydrogen (secondary N) is 1. The molecule has 0 saturated carbocycles. The van der Waals surface area contributed by atoms with Crippen LogP contribution in [-0.2, 0) is 0 Å². The second-order valence-electron chi connectivity index (χ2n) is 4.12. The van der Waals surface area contributed by atoms with Crippen molar-refractivity contribution >= 4 is 39.8 Å². The van der Waals surface area contributed by atoms with Gasteiger partial charge in [-0.2, -0.15) is 0 Å². The zero-order chi connectivity index (χ0) is 16.3. The lowest BCUT2D eigenvalue weighted by atomic mass is 10.1. The summed E-state index contributed by atoms with van der Waals surface area (Å²) >= 11 is 2.65. The number of carbonyl (C=O) groups excluding carboxylic acids is 1. The number of nitro benzene ring substituents is 1. The molecule has 10 heteroatoms. The largest absolute Gasteiger partial charge is 0.296 e. The summed E-state index contributed by atoms with van der Waals surface area (Å²) in [6.45, 7) is 3.24. The Morgan fingerprint density at radius 3 is 2.86 bits per heavy atom. The quantitative estimate of drug-likeness (QED) is 0.388. The van der Waals surface area contributed by atoms with Crippen LogP contribution < -0.4 is 5.32 Å². The van der Waals surface area contributed by atoms with E-state index >= 15 is 0 Å². The highest BCUT2D eigenvalue weighted by Crippen LogP contribution is 2.26. The maximum Gasteiger partial charge on any atom is 0.276 e. The molecule has 7 nitrogen and oxygen atoms in total. The van der Waals surface area contributed by atoms with Gasteiger partial charge < -0.3 is 0 Å². The van der Waals surface area contributed by atoms with Crippen LogP contribution in [0.15, 0.2) is 16.5 Å². The van der Waals surface area contributed by atoms with Crippen molar-refractivity contribution in [1.82, 2.24) is 10.2 Å². The molecule has 1 heterocycles. The fourth-order valence-corrected chi connectivity index (χ4v) is 3.24. The molecule has 1 N–H and O–H groups in total. The Hall–Kier alpha value is -2.07. The lowest BCUT2D eigenvalue weighted by Crippen LogP contribution is -2.13. The number of aromatic nitrogens is 2. The molecule has 0 aliphatic rings. The number of halogens is 1. The first-order chi connectivity index (χ1) is 10.4. The van der Waals surface area contributed by atoms with E-state index in [0.717, 1.165) is 17.9 Å². The Morgan fingerprint density at radius 2 is 2.23 bits per heavy atom. The van der Waals surface area contributed by atoms with Crippen LogP contribution in [0.4, 0.5) is 15.2 Å². The third-order valence-electron chi connectivity index (χ3n) is 2.67. The van der Waals surface area contributed by atoms with Gasteiger partial charge in [0, 0.05) is 11.6 Å². The zero-order valence-corrected chi connectivity index (χ0v) is 13.3.